The minimum absolute atomic E-state index is 0.446. The molecule has 0 spiro atoms. The van der Waals surface area contributed by atoms with Gasteiger partial charge in [0, 0.05) is 31.4 Å². The molecule has 0 radical (unpaired) electrons. The van der Waals surface area contributed by atoms with E-state index >= 15 is 0 Å². The van der Waals surface area contributed by atoms with Crippen LogP contribution in [0, 0.1) is 0 Å². The van der Waals surface area contributed by atoms with E-state index < -0.39 is 0 Å². The lowest BCUT2D eigenvalue weighted by Gasteiger charge is -2.34. The number of piperazine rings is 1. The summed E-state index contributed by atoms with van der Waals surface area (Å²) in [6.45, 7) is 6.17. The van der Waals surface area contributed by atoms with Crippen molar-refractivity contribution in [1.82, 2.24) is 15.3 Å². The van der Waals surface area contributed by atoms with Crippen molar-refractivity contribution in [3.8, 4) is 0 Å². The lowest BCUT2D eigenvalue weighted by atomic mass is 10.2. The summed E-state index contributed by atoms with van der Waals surface area (Å²) in [5.74, 6) is 0. The van der Waals surface area contributed by atoms with Crippen LogP contribution in [0.2, 0.25) is 0 Å². The maximum Gasteiger partial charge on any atom is 0.300 e. The van der Waals surface area contributed by atoms with Gasteiger partial charge in [0.2, 0.25) is 5.65 Å². The Bertz CT molecular complexity index is 481. The average molecular weight is 232 g/mol. The van der Waals surface area contributed by atoms with Crippen LogP contribution in [-0.2, 0) is 0 Å². The van der Waals surface area contributed by atoms with Crippen LogP contribution in [0.5, 0.6) is 0 Å². The monoisotopic (exact) mass is 232 g/mol. The minimum Gasteiger partial charge on any atom is -0.422 e. The second-order valence-corrected chi connectivity index (χ2v) is 4.70. The maximum atomic E-state index is 5.73. The number of aromatic nitrogens is 2. The Morgan fingerprint density at radius 1 is 1.35 bits per heavy atom. The van der Waals surface area contributed by atoms with E-state index in [1.54, 1.807) is 6.20 Å². The molecular weight excluding hydrogens is 216 g/mol. The molecule has 1 fully saturated rings. The Morgan fingerprint density at radius 3 is 2.82 bits per heavy atom. The highest BCUT2D eigenvalue weighted by Crippen LogP contribution is 2.21. The van der Waals surface area contributed by atoms with Crippen molar-refractivity contribution in [1.29, 1.82) is 0 Å². The highest BCUT2D eigenvalue weighted by Gasteiger charge is 2.24. The molecule has 0 saturated carbocycles. The largest absolute Gasteiger partial charge is 0.422 e. The van der Waals surface area contributed by atoms with Gasteiger partial charge in [0.1, 0.15) is 0 Å². The number of nitrogens with one attached hydrogen (secondary N) is 1. The van der Waals surface area contributed by atoms with Crippen molar-refractivity contribution in [2.45, 2.75) is 25.9 Å². The van der Waals surface area contributed by atoms with Crippen molar-refractivity contribution in [2.75, 3.05) is 18.0 Å². The summed E-state index contributed by atoms with van der Waals surface area (Å²) < 4.78 is 5.73. The van der Waals surface area contributed by atoms with Gasteiger partial charge in [0.05, 0.1) is 0 Å². The van der Waals surface area contributed by atoms with Crippen LogP contribution >= 0.6 is 0 Å². The number of hydrogen-bond donors (Lipinski definition) is 1. The summed E-state index contributed by atoms with van der Waals surface area (Å²) in [5.41, 5.74) is 1.43. The Balaban J connectivity index is 1.92. The molecule has 1 aliphatic heterocycles. The second kappa shape index (κ2) is 4.00. The van der Waals surface area contributed by atoms with Gasteiger partial charge in [-0.05, 0) is 26.0 Å². The van der Waals surface area contributed by atoms with Gasteiger partial charge in [0.15, 0.2) is 5.58 Å². The molecule has 3 heterocycles. The topological polar surface area (TPSA) is 54.2 Å². The number of pyridine rings is 1. The molecule has 2 atom stereocenters. The molecule has 2 aromatic heterocycles. The minimum atomic E-state index is 0.446. The standard InChI is InChI=1S/C12H16N4O/c1-8-6-16(7-9(2)14-8)12-15-11-10(17-12)4-3-5-13-11/h3-5,8-9,14H,6-7H2,1-2H3/t8-,9+. The summed E-state index contributed by atoms with van der Waals surface area (Å²) >= 11 is 0. The number of rotatable bonds is 1. The second-order valence-electron chi connectivity index (χ2n) is 4.70. The number of anilines is 1. The van der Waals surface area contributed by atoms with Crippen molar-refractivity contribution >= 4 is 17.2 Å². The van der Waals surface area contributed by atoms with E-state index in [0.29, 0.717) is 23.7 Å². The van der Waals surface area contributed by atoms with E-state index in [-0.39, 0.29) is 0 Å². The summed E-state index contributed by atoms with van der Waals surface area (Å²) in [5, 5.41) is 3.49. The molecule has 0 aromatic carbocycles. The van der Waals surface area contributed by atoms with Crippen molar-refractivity contribution < 1.29 is 4.42 Å². The van der Waals surface area contributed by atoms with Crippen LogP contribution in [0.4, 0.5) is 6.01 Å². The first kappa shape index (κ1) is 10.5. The smallest absolute Gasteiger partial charge is 0.300 e. The van der Waals surface area contributed by atoms with Gasteiger partial charge in [-0.3, -0.25) is 0 Å². The molecule has 1 N–H and O–H groups in total. The number of oxazole rings is 1. The van der Waals surface area contributed by atoms with Gasteiger partial charge in [0.25, 0.3) is 6.01 Å². The van der Waals surface area contributed by atoms with Crippen molar-refractivity contribution in [2.24, 2.45) is 0 Å². The molecule has 17 heavy (non-hydrogen) atoms. The zero-order chi connectivity index (χ0) is 11.8. The van der Waals surface area contributed by atoms with Gasteiger partial charge in [-0.25, -0.2) is 4.98 Å². The van der Waals surface area contributed by atoms with Gasteiger partial charge < -0.3 is 14.6 Å². The fourth-order valence-corrected chi connectivity index (χ4v) is 2.38. The molecule has 1 saturated heterocycles. The highest BCUT2D eigenvalue weighted by molar-refractivity contribution is 5.69. The molecule has 0 bridgehead atoms. The maximum absolute atomic E-state index is 5.73. The first-order valence-corrected chi connectivity index (χ1v) is 5.95. The Labute approximate surface area is 99.8 Å². The lowest BCUT2D eigenvalue weighted by Crippen LogP contribution is -2.54. The predicted molar refractivity (Wildman–Crippen MR) is 66.1 cm³/mol. The van der Waals surface area contributed by atoms with E-state index in [0.717, 1.165) is 18.7 Å². The molecule has 5 heteroatoms. The van der Waals surface area contributed by atoms with Gasteiger partial charge in [-0.15, -0.1) is 0 Å². The fraction of sp³-hybridized carbons (Fsp3) is 0.500. The molecule has 1 aliphatic rings. The van der Waals surface area contributed by atoms with Gasteiger partial charge in [-0.1, -0.05) is 0 Å². The van der Waals surface area contributed by atoms with E-state index in [2.05, 4.69) is 34.0 Å². The first-order valence-electron chi connectivity index (χ1n) is 5.95. The first-order chi connectivity index (χ1) is 8.22. The fourth-order valence-electron chi connectivity index (χ4n) is 2.38. The normalized spacial score (nSPS) is 25.4. The van der Waals surface area contributed by atoms with E-state index in [1.165, 1.54) is 0 Å². The third-order valence-electron chi connectivity index (χ3n) is 2.98. The van der Waals surface area contributed by atoms with E-state index in [9.17, 15) is 0 Å². The van der Waals surface area contributed by atoms with Gasteiger partial charge >= 0.3 is 0 Å². The summed E-state index contributed by atoms with van der Waals surface area (Å²) in [4.78, 5) is 10.8. The lowest BCUT2D eigenvalue weighted by molar-refractivity contribution is 0.389. The molecule has 0 aliphatic carbocycles. The van der Waals surface area contributed by atoms with Crippen LogP contribution < -0.4 is 10.2 Å². The molecule has 0 amide bonds. The number of hydrogen-bond acceptors (Lipinski definition) is 5. The zero-order valence-electron chi connectivity index (χ0n) is 10.1. The Kier molecular flexibility index (Phi) is 2.48. The predicted octanol–water partition coefficient (Wildman–Crippen LogP) is 1.41. The van der Waals surface area contributed by atoms with E-state index in [4.69, 9.17) is 4.42 Å². The van der Waals surface area contributed by atoms with Crippen LogP contribution in [0.25, 0.3) is 11.2 Å². The molecular formula is C12H16N4O. The third kappa shape index (κ3) is 1.98. The summed E-state index contributed by atoms with van der Waals surface area (Å²) in [6.07, 6.45) is 1.73. The van der Waals surface area contributed by atoms with Crippen molar-refractivity contribution in [3.05, 3.63) is 18.3 Å². The average Bonchev–Trinajstić information content (AvgIpc) is 2.71. The number of nitrogens with zero attached hydrogens (tertiary/aromatic N) is 3. The Morgan fingerprint density at radius 2 is 2.12 bits per heavy atom. The van der Waals surface area contributed by atoms with Gasteiger partial charge in [-0.2, -0.15) is 4.98 Å². The zero-order valence-corrected chi connectivity index (χ0v) is 10.1. The molecule has 90 valence electrons. The Hall–Kier alpha value is -1.62. The third-order valence-corrected chi connectivity index (χ3v) is 2.98. The highest BCUT2D eigenvalue weighted by atomic mass is 16.4. The SMILES string of the molecule is C[C@@H]1CN(c2nc3ncccc3o2)C[C@H](C)N1. The summed E-state index contributed by atoms with van der Waals surface area (Å²) in [7, 11) is 0. The quantitative estimate of drug-likeness (QED) is 0.805. The van der Waals surface area contributed by atoms with Crippen LogP contribution in [0.1, 0.15) is 13.8 Å². The molecule has 5 nitrogen and oxygen atoms in total. The molecule has 2 aromatic rings. The number of fused-ring (bicyclic) bond motifs is 1. The van der Waals surface area contributed by atoms with Crippen LogP contribution in [-0.4, -0.2) is 35.1 Å². The molecule has 0 unspecified atom stereocenters. The van der Waals surface area contributed by atoms with Crippen LogP contribution in [0.15, 0.2) is 22.7 Å². The van der Waals surface area contributed by atoms with Crippen LogP contribution in [0.3, 0.4) is 0 Å². The van der Waals surface area contributed by atoms with E-state index in [1.807, 2.05) is 12.1 Å². The molecule has 3 rings (SSSR count). The summed E-state index contributed by atoms with van der Waals surface area (Å²) in [6, 6.07) is 5.33. The van der Waals surface area contributed by atoms with Crippen molar-refractivity contribution in [3.63, 3.8) is 0 Å².